The minimum absolute atomic E-state index is 0.338. The van der Waals surface area contributed by atoms with Crippen LogP contribution in [0, 0.1) is 0 Å². The molecule has 1 saturated heterocycles. The number of amides is 1. The monoisotopic (exact) mass is 187 g/mol. The van der Waals surface area contributed by atoms with Gasteiger partial charge in [-0.25, -0.2) is 0 Å². The molecule has 0 bridgehead atoms. The first-order valence-electron chi connectivity index (χ1n) is 5.23. The zero-order chi connectivity index (χ0) is 9.54. The summed E-state index contributed by atoms with van der Waals surface area (Å²) in [5.74, 6) is 0.338. The molecule has 1 aromatic carbocycles. The molecule has 2 heterocycles. The Morgan fingerprint density at radius 2 is 2.07 bits per heavy atom. The zero-order valence-electron chi connectivity index (χ0n) is 8.07. The smallest absolute Gasteiger partial charge is 0.223 e. The lowest BCUT2D eigenvalue weighted by atomic mass is 9.93. The number of hydrogen-bond acceptors (Lipinski definition) is 1. The Hall–Kier alpha value is -1.31. The van der Waals surface area contributed by atoms with Gasteiger partial charge >= 0.3 is 0 Å². The van der Waals surface area contributed by atoms with Gasteiger partial charge in [0.25, 0.3) is 0 Å². The molecule has 14 heavy (non-hydrogen) atoms. The van der Waals surface area contributed by atoms with Gasteiger partial charge < -0.3 is 4.90 Å². The van der Waals surface area contributed by atoms with Gasteiger partial charge in [-0.05, 0) is 24.0 Å². The second-order valence-electron chi connectivity index (χ2n) is 4.09. The van der Waals surface area contributed by atoms with Gasteiger partial charge in [-0.3, -0.25) is 4.79 Å². The van der Waals surface area contributed by atoms with Crippen LogP contribution in [0.1, 0.15) is 30.0 Å². The van der Waals surface area contributed by atoms with Gasteiger partial charge in [0.05, 0.1) is 6.04 Å². The van der Waals surface area contributed by atoms with Crippen molar-refractivity contribution >= 4 is 5.91 Å². The molecule has 0 radical (unpaired) electrons. The Kier molecular flexibility index (Phi) is 1.63. The van der Waals surface area contributed by atoms with Crippen LogP contribution >= 0.6 is 0 Å². The van der Waals surface area contributed by atoms with E-state index in [-0.39, 0.29) is 0 Å². The van der Waals surface area contributed by atoms with Crippen LogP contribution in [0.5, 0.6) is 0 Å². The highest BCUT2D eigenvalue weighted by molar-refractivity contribution is 5.79. The molecule has 2 aliphatic rings. The Bertz CT molecular complexity index is 386. The van der Waals surface area contributed by atoms with Crippen LogP contribution < -0.4 is 0 Å². The van der Waals surface area contributed by atoms with Crippen LogP contribution in [-0.2, 0) is 11.2 Å². The standard InChI is InChI=1S/C12H13NO/c14-12-6-5-11-10-4-2-1-3-9(10)7-8-13(11)12/h1-4,11H,5-8H2/t11-/m1/s1. The van der Waals surface area contributed by atoms with Gasteiger partial charge in [-0.15, -0.1) is 0 Å². The van der Waals surface area contributed by atoms with E-state index in [1.165, 1.54) is 11.1 Å². The van der Waals surface area contributed by atoms with Gasteiger partial charge in [0.1, 0.15) is 0 Å². The Balaban J connectivity index is 2.07. The van der Waals surface area contributed by atoms with Gasteiger partial charge in [-0.1, -0.05) is 24.3 Å². The van der Waals surface area contributed by atoms with Crippen LogP contribution in [0.4, 0.5) is 0 Å². The fraction of sp³-hybridized carbons (Fsp3) is 0.417. The molecular weight excluding hydrogens is 174 g/mol. The van der Waals surface area contributed by atoms with E-state index in [9.17, 15) is 4.79 Å². The summed E-state index contributed by atoms with van der Waals surface area (Å²) in [5, 5.41) is 0. The van der Waals surface area contributed by atoms with Crippen molar-refractivity contribution in [1.29, 1.82) is 0 Å². The van der Waals surface area contributed by atoms with Gasteiger partial charge in [0.15, 0.2) is 0 Å². The highest BCUT2D eigenvalue weighted by atomic mass is 16.2. The normalized spacial score (nSPS) is 24.7. The molecule has 0 saturated carbocycles. The topological polar surface area (TPSA) is 20.3 Å². The van der Waals surface area contributed by atoms with Crippen LogP contribution in [-0.4, -0.2) is 17.4 Å². The van der Waals surface area contributed by atoms with E-state index < -0.39 is 0 Å². The minimum atomic E-state index is 0.338. The van der Waals surface area contributed by atoms with Crippen LogP contribution in [0.3, 0.4) is 0 Å². The summed E-state index contributed by atoms with van der Waals surface area (Å²) in [6.45, 7) is 0.917. The highest BCUT2D eigenvalue weighted by Gasteiger charge is 2.35. The molecule has 0 N–H and O–H groups in total. The Labute approximate surface area is 83.5 Å². The van der Waals surface area contributed by atoms with E-state index in [4.69, 9.17) is 0 Å². The number of rotatable bonds is 0. The summed E-state index contributed by atoms with van der Waals surface area (Å²) in [5.41, 5.74) is 2.81. The lowest BCUT2D eigenvalue weighted by Crippen LogP contribution is -2.33. The molecule has 1 amide bonds. The fourth-order valence-corrected chi connectivity index (χ4v) is 2.67. The van der Waals surface area contributed by atoms with Crippen molar-refractivity contribution in [3.05, 3.63) is 35.4 Å². The van der Waals surface area contributed by atoms with E-state index in [0.29, 0.717) is 11.9 Å². The van der Waals surface area contributed by atoms with Crippen LogP contribution in [0.2, 0.25) is 0 Å². The van der Waals surface area contributed by atoms with E-state index in [1.807, 2.05) is 4.90 Å². The first-order chi connectivity index (χ1) is 6.86. The molecule has 2 nitrogen and oxygen atoms in total. The molecule has 3 rings (SSSR count). The molecular formula is C12H13NO. The van der Waals surface area contributed by atoms with Gasteiger partial charge in [0.2, 0.25) is 5.91 Å². The number of carbonyl (C=O) groups excluding carboxylic acids is 1. The lowest BCUT2D eigenvalue weighted by Gasteiger charge is -2.31. The molecule has 2 heteroatoms. The fourth-order valence-electron chi connectivity index (χ4n) is 2.67. The number of nitrogens with zero attached hydrogens (tertiary/aromatic N) is 1. The summed E-state index contributed by atoms with van der Waals surface area (Å²) >= 11 is 0. The maximum Gasteiger partial charge on any atom is 0.223 e. The molecule has 0 unspecified atom stereocenters. The van der Waals surface area contributed by atoms with E-state index >= 15 is 0 Å². The summed E-state index contributed by atoms with van der Waals surface area (Å²) in [6.07, 6.45) is 2.77. The van der Waals surface area contributed by atoms with E-state index in [1.54, 1.807) is 0 Å². The van der Waals surface area contributed by atoms with Crippen molar-refractivity contribution in [2.75, 3.05) is 6.54 Å². The molecule has 1 atom stereocenters. The number of hydrogen-bond donors (Lipinski definition) is 0. The molecule has 0 aliphatic carbocycles. The number of benzene rings is 1. The SMILES string of the molecule is O=C1CC[C@@H]2c3ccccc3CCN12. The highest BCUT2D eigenvalue weighted by Crippen LogP contribution is 2.37. The minimum Gasteiger partial charge on any atom is -0.335 e. The first kappa shape index (κ1) is 8.04. The van der Waals surface area contributed by atoms with Gasteiger partial charge in [-0.2, -0.15) is 0 Å². The zero-order valence-corrected chi connectivity index (χ0v) is 8.07. The van der Waals surface area contributed by atoms with Crippen molar-refractivity contribution in [3.8, 4) is 0 Å². The van der Waals surface area contributed by atoms with Crippen LogP contribution in [0.15, 0.2) is 24.3 Å². The van der Waals surface area contributed by atoms with Crippen LogP contribution in [0.25, 0.3) is 0 Å². The van der Waals surface area contributed by atoms with Crippen molar-refractivity contribution in [2.24, 2.45) is 0 Å². The third-order valence-corrected chi connectivity index (χ3v) is 3.36. The number of fused-ring (bicyclic) bond motifs is 3. The maximum atomic E-state index is 11.5. The van der Waals surface area contributed by atoms with E-state index in [0.717, 1.165) is 25.8 Å². The molecule has 1 fully saturated rings. The predicted molar refractivity (Wildman–Crippen MR) is 53.8 cm³/mol. The Morgan fingerprint density at radius 1 is 1.21 bits per heavy atom. The molecule has 0 aromatic heterocycles. The molecule has 1 aromatic rings. The number of carbonyl (C=O) groups is 1. The van der Waals surface area contributed by atoms with Crippen molar-refractivity contribution in [2.45, 2.75) is 25.3 Å². The van der Waals surface area contributed by atoms with Crippen molar-refractivity contribution < 1.29 is 4.79 Å². The summed E-state index contributed by atoms with van der Waals surface area (Å²) < 4.78 is 0. The predicted octanol–water partition coefficient (Wildman–Crippen LogP) is 1.91. The summed E-state index contributed by atoms with van der Waals surface area (Å²) in [7, 11) is 0. The average Bonchev–Trinajstić information content (AvgIpc) is 2.61. The largest absolute Gasteiger partial charge is 0.335 e. The second kappa shape index (κ2) is 2.84. The molecule has 0 spiro atoms. The second-order valence-corrected chi connectivity index (χ2v) is 4.09. The van der Waals surface area contributed by atoms with Gasteiger partial charge in [0, 0.05) is 13.0 Å². The lowest BCUT2D eigenvalue weighted by molar-refractivity contribution is -0.129. The third-order valence-electron chi connectivity index (χ3n) is 3.36. The molecule has 2 aliphatic heterocycles. The van der Waals surface area contributed by atoms with E-state index in [2.05, 4.69) is 24.3 Å². The first-order valence-corrected chi connectivity index (χ1v) is 5.23. The quantitative estimate of drug-likeness (QED) is 0.607. The Morgan fingerprint density at radius 3 is 3.00 bits per heavy atom. The van der Waals surface area contributed by atoms with Crippen molar-refractivity contribution in [3.63, 3.8) is 0 Å². The third kappa shape index (κ3) is 0.999. The average molecular weight is 187 g/mol. The van der Waals surface area contributed by atoms with Crippen molar-refractivity contribution in [1.82, 2.24) is 4.90 Å². The molecule has 72 valence electrons. The summed E-state index contributed by atoms with van der Waals surface area (Å²) in [4.78, 5) is 13.6. The maximum absolute atomic E-state index is 11.5. The summed E-state index contributed by atoms with van der Waals surface area (Å²) in [6, 6.07) is 8.91.